The SMILES string of the molecule is Nn1c(SCC(=O)NC2CC2)nnc1-c1ccccc1. The summed E-state index contributed by atoms with van der Waals surface area (Å²) >= 11 is 1.29. The van der Waals surface area contributed by atoms with Crippen molar-refractivity contribution in [3.05, 3.63) is 30.3 Å². The minimum atomic E-state index is 0.0155. The Hall–Kier alpha value is -2.02. The number of aromatic nitrogens is 3. The lowest BCUT2D eigenvalue weighted by Crippen LogP contribution is -2.27. The molecule has 1 aromatic heterocycles. The number of nitrogens with zero attached hydrogens (tertiary/aromatic N) is 3. The fourth-order valence-corrected chi connectivity index (χ4v) is 2.45. The molecule has 0 unspecified atom stereocenters. The largest absolute Gasteiger partial charge is 0.353 e. The third kappa shape index (κ3) is 2.93. The number of hydrogen-bond donors (Lipinski definition) is 2. The van der Waals surface area contributed by atoms with Crippen LogP contribution in [0.1, 0.15) is 12.8 Å². The van der Waals surface area contributed by atoms with E-state index in [1.54, 1.807) is 0 Å². The van der Waals surface area contributed by atoms with E-state index in [1.165, 1.54) is 16.4 Å². The monoisotopic (exact) mass is 289 g/mol. The van der Waals surface area contributed by atoms with Gasteiger partial charge in [0.25, 0.3) is 0 Å². The van der Waals surface area contributed by atoms with Gasteiger partial charge in [0.1, 0.15) is 0 Å². The minimum Gasteiger partial charge on any atom is -0.353 e. The number of nitrogens with two attached hydrogens (primary N) is 1. The van der Waals surface area contributed by atoms with Gasteiger partial charge in [0, 0.05) is 11.6 Å². The molecule has 0 saturated heterocycles. The molecule has 0 radical (unpaired) electrons. The third-order valence-electron chi connectivity index (χ3n) is 2.97. The number of nitrogen functional groups attached to an aromatic ring is 1. The third-order valence-corrected chi connectivity index (χ3v) is 3.91. The molecule has 20 heavy (non-hydrogen) atoms. The van der Waals surface area contributed by atoms with Crippen LogP contribution in [-0.2, 0) is 4.79 Å². The van der Waals surface area contributed by atoms with Crippen molar-refractivity contribution in [3.63, 3.8) is 0 Å². The zero-order valence-corrected chi connectivity index (χ0v) is 11.6. The predicted octanol–water partition coefficient (Wildman–Crippen LogP) is 1.03. The van der Waals surface area contributed by atoms with Crippen molar-refractivity contribution in [1.29, 1.82) is 0 Å². The van der Waals surface area contributed by atoms with Crippen LogP contribution in [0.2, 0.25) is 0 Å². The summed E-state index contributed by atoms with van der Waals surface area (Å²) in [7, 11) is 0. The zero-order chi connectivity index (χ0) is 13.9. The molecule has 104 valence electrons. The summed E-state index contributed by atoms with van der Waals surface area (Å²) in [5, 5.41) is 11.6. The van der Waals surface area contributed by atoms with Crippen LogP contribution < -0.4 is 11.2 Å². The molecule has 0 aliphatic heterocycles. The van der Waals surface area contributed by atoms with Crippen molar-refractivity contribution in [1.82, 2.24) is 20.2 Å². The average Bonchev–Trinajstić information content (AvgIpc) is 3.19. The molecule has 0 bridgehead atoms. The molecule has 7 heteroatoms. The molecular weight excluding hydrogens is 274 g/mol. The lowest BCUT2D eigenvalue weighted by atomic mass is 10.2. The summed E-state index contributed by atoms with van der Waals surface area (Å²) in [6, 6.07) is 9.97. The number of hydrogen-bond acceptors (Lipinski definition) is 5. The van der Waals surface area contributed by atoms with Gasteiger partial charge >= 0.3 is 0 Å². The van der Waals surface area contributed by atoms with Gasteiger partial charge in [0.2, 0.25) is 11.1 Å². The predicted molar refractivity (Wildman–Crippen MR) is 77.5 cm³/mol. The highest BCUT2D eigenvalue weighted by atomic mass is 32.2. The average molecular weight is 289 g/mol. The van der Waals surface area contributed by atoms with E-state index in [-0.39, 0.29) is 5.91 Å². The maximum absolute atomic E-state index is 11.6. The Morgan fingerprint density at radius 2 is 2.10 bits per heavy atom. The van der Waals surface area contributed by atoms with E-state index < -0.39 is 0 Å². The Labute approximate surface area is 120 Å². The van der Waals surface area contributed by atoms with Gasteiger partial charge in [-0.25, -0.2) is 4.68 Å². The second-order valence-corrected chi connectivity index (χ2v) is 5.62. The molecule has 1 fully saturated rings. The second kappa shape index (κ2) is 5.54. The molecule has 1 saturated carbocycles. The molecule has 1 heterocycles. The standard InChI is InChI=1S/C13H15N5OS/c14-18-12(9-4-2-1-3-5-9)16-17-13(18)20-8-11(19)15-10-6-7-10/h1-5,10H,6-8,14H2,(H,15,19). The Kier molecular flexibility index (Phi) is 3.60. The van der Waals surface area contributed by atoms with Gasteiger partial charge in [0.15, 0.2) is 5.82 Å². The van der Waals surface area contributed by atoms with Crippen molar-refractivity contribution in [2.45, 2.75) is 24.0 Å². The van der Waals surface area contributed by atoms with Crippen LogP contribution in [0.5, 0.6) is 0 Å². The van der Waals surface area contributed by atoms with Crippen LogP contribution >= 0.6 is 11.8 Å². The van der Waals surface area contributed by atoms with Gasteiger partial charge in [-0.05, 0) is 12.8 Å². The zero-order valence-electron chi connectivity index (χ0n) is 10.8. The van der Waals surface area contributed by atoms with Crippen molar-refractivity contribution in [3.8, 4) is 11.4 Å². The van der Waals surface area contributed by atoms with Crippen LogP contribution in [0.25, 0.3) is 11.4 Å². The summed E-state index contributed by atoms with van der Waals surface area (Å²) in [4.78, 5) is 11.6. The fraction of sp³-hybridized carbons (Fsp3) is 0.308. The van der Waals surface area contributed by atoms with Crippen LogP contribution in [-0.4, -0.2) is 32.6 Å². The van der Waals surface area contributed by atoms with E-state index in [0.717, 1.165) is 18.4 Å². The maximum Gasteiger partial charge on any atom is 0.230 e. The lowest BCUT2D eigenvalue weighted by Gasteiger charge is -2.04. The highest BCUT2D eigenvalue weighted by Gasteiger charge is 2.23. The summed E-state index contributed by atoms with van der Waals surface area (Å²) < 4.78 is 1.42. The molecule has 0 spiro atoms. The molecule has 1 aromatic carbocycles. The summed E-state index contributed by atoms with van der Waals surface area (Å²) in [5.74, 6) is 6.89. The number of nitrogens with one attached hydrogen (secondary N) is 1. The molecule has 1 aliphatic carbocycles. The van der Waals surface area contributed by atoms with Gasteiger partial charge in [-0.15, -0.1) is 10.2 Å². The van der Waals surface area contributed by atoms with Crippen molar-refractivity contribution < 1.29 is 4.79 Å². The first-order valence-corrected chi connectivity index (χ1v) is 7.40. The first-order valence-electron chi connectivity index (χ1n) is 6.42. The molecule has 3 N–H and O–H groups in total. The minimum absolute atomic E-state index is 0.0155. The van der Waals surface area contributed by atoms with Crippen LogP contribution in [0, 0.1) is 0 Å². The maximum atomic E-state index is 11.6. The van der Waals surface area contributed by atoms with Gasteiger partial charge in [-0.2, -0.15) is 0 Å². The van der Waals surface area contributed by atoms with E-state index in [9.17, 15) is 4.79 Å². The Morgan fingerprint density at radius 1 is 1.35 bits per heavy atom. The first-order chi connectivity index (χ1) is 9.74. The fourth-order valence-electron chi connectivity index (χ4n) is 1.79. The van der Waals surface area contributed by atoms with E-state index in [2.05, 4.69) is 15.5 Å². The molecular formula is C13H15N5OS. The van der Waals surface area contributed by atoms with Gasteiger partial charge in [0.05, 0.1) is 5.75 Å². The summed E-state index contributed by atoms with van der Waals surface area (Å²) in [6.07, 6.45) is 2.17. The quantitative estimate of drug-likeness (QED) is 0.634. The van der Waals surface area contributed by atoms with E-state index in [4.69, 9.17) is 5.84 Å². The number of rotatable bonds is 5. The van der Waals surface area contributed by atoms with E-state index in [0.29, 0.717) is 22.8 Å². The Balaban J connectivity index is 1.65. The summed E-state index contributed by atoms with van der Waals surface area (Å²) in [5.41, 5.74) is 0.900. The van der Waals surface area contributed by atoms with Crippen LogP contribution in [0.4, 0.5) is 0 Å². The molecule has 1 aliphatic rings. The Bertz CT molecular complexity index is 608. The van der Waals surface area contributed by atoms with Crippen molar-refractivity contribution >= 4 is 17.7 Å². The number of amides is 1. The number of thioether (sulfide) groups is 1. The van der Waals surface area contributed by atoms with Gasteiger partial charge in [-0.1, -0.05) is 42.1 Å². The van der Waals surface area contributed by atoms with Gasteiger partial charge in [-0.3, -0.25) is 4.79 Å². The van der Waals surface area contributed by atoms with E-state index in [1.807, 2.05) is 30.3 Å². The highest BCUT2D eigenvalue weighted by molar-refractivity contribution is 7.99. The number of carbonyl (C=O) groups excluding carboxylic acids is 1. The lowest BCUT2D eigenvalue weighted by molar-refractivity contribution is -0.118. The highest BCUT2D eigenvalue weighted by Crippen LogP contribution is 2.22. The van der Waals surface area contributed by atoms with Gasteiger partial charge < -0.3 is 11.2 Å². The first kappa shape index (κ1) is 13.0. The van der Waals surface area contributed by atoms with Crippen LogP contribution in [0.15, 0.2) is 35.5 Å². The number of carbonyl (C=O) groups is 1. The van der Waals surface area contributed by atoms with Crippen molar-refractivity contribution in [2.24, 2.45) is 0 Å². The smallest absolute Gasteiger partial charge is 0.230 e. The second-order valence-electron chi connectivity index (χ2n) is 4.67. The molecule has 2 aromatic rings. The molecule has 3 rings (SSSR count). The summed E-state index contributed by atoms with van der Waals surface area (Å²) in [6.45, 7) is 0. The van der Waals surface area contributed by atoms with Crippen molar-refractivity contribution in [2.75, 3.05) is 11.6 Å². The number of benzene rings is 1. The normalized spacial score (nSPS) is 14.2. The topological polar surface area (TPSA) is 85.8 Å². The van der Waals surface area contributed by atoms with Crippen LogP contribution in [0.3, 0.4) is 0 Å². The van der Waals surface area contributed by atoms with E-state index >= 15 is 0 Å². The molecule has 6 nitrogen and oxygen atoms in total. The molecule has 1 amide bonds. The molecule has 0 atom stereocenters. The Morgan fingerprint density at radius 3 is 2.80 bits per heavy atom.